The van der Waals surface area contributed by atoms with Crippen molar-refractivity contribution in [1.82, 2.24) is 5.32 Å². The van der Waals surface area contributed by atoms with E-state index in [2.05, 4.69) is 10.5 Å². The van der Waals surface area contributed by atoms with Gasteiger partial charge in [0.15, 0.2) is 5.84 Å². The van der Waals surface area contributed by atoms with Gasteiger partial charge < -0.3 is 16.3 Å². The molecule has 1 unspecified atom stereocenters. The molecule has 0 aromatic heterocycles. The summed E-state index contributed by atoms with van der Waals surface area (Å²) in [6, 6.07) is 7.89. The highest BCUT2D eigenvalue weighted by Gasteiger charge is 2.36. The van der Waals surface area contributed by atoms with Crippen LogP contribution >= 0.6 is 0 Å². The Kier molecular flexibility index (Phi) is 4.92. The Labute approximate surface area is 113 Å². The van der Waals surface area contributed by atoms with Crippen molar-refractivity contribution in [2.45, 2.75) is 33.7 Å². The molecule has 1 aromatic carbocycles. The van der Waals surface area contributed by atoms with Gasteiger partial charge in [-0.2, -0.15) is 0 Å². The third-order valence-electron chi connectivity index (χ3n) is 3.42. The number of rotatable bonds is 5. The number of nitrogens with zero attached hydrogens (tertiary/aromatic N) is 1. The molecule has 0 aliphatic carbocycles. The number of nitrogens with two attached hydrogens (primary N) is 1. The number of oxime groups is 1. The van der Waals surface area contributed by atoms with Gasteiger partial charge in [-0.15, -0.1) is 0 Å². The molecule has 0 aliphatic heterocycles. The largest absolute Gasteiger partial charge is 0.409 e. The molecular formula is C14H21N3O2. The highest BCUT2D eigenvalue weighted by molar-refractivity contribution is 6.06. The Hall–Kier alpha value is -2.04. The van der Waals surface area contributed by atoms with Crippen LogP contribution in [0.4, 0.5) is 0 Å². The Bertz CT molecular complexity index is 485. The van der Waals surface area contributed by atoms with Crippen molar-refractivity contribution >= 4 is 11.7 Å². The van der Waals surface area contributed by atoms with Gasteiger partial charge in [0, 0.05) is 6.54 Å². The Balaban J connectivity index is 2.74. The first kappa shape index (κ1) is 15.0. The van der Waals surface area contributed by atoms with E-state index in [-0.39, 0.29) is 11.7 Å². The lowest BCUT2D eigenvalue weighted by atomic mass is 9.85. The van der Waals surface area contributed by atoms with Crippen LogP contribution in [0.15, 0.2) is 29.4 Å². The SMILES string of the molecule is CCC(C)(C(=O)NCc1cccc(C)c1)/C(N)=N/O. The van der Waals surface area contributed by atoms with Gasteiger partial charge in [-0.3, -0.25) is 4.79 Å². The molecule has 0 radical (unpaired) electrons. The summed E-state index contributed by atoms with van der Waals surface area (Å²) in [5, 5.41) is 14.5. The fourth-order valence-electron chi connectivity index (χ4n) is 1.77. The standard InChI is InChI=1S/C14H21N3O2/c1-4-14(3,12(15)17-19)13(18)16-9-11-7-5-6-10(2)8-11/h5-8,19H,4,9H2,1-3H3,(H2,15,17)(H,16,18). The van der Waals surface area contributed by atoms with Crippen LogP contribution in [0, 0.1) is 12.3 Å². The molecule has 1 atom stereocenters. The van der Waals surface area contributed by atoms with Crippen molar-refractivity contribution in [3.8, 4) is 0 Å². The van der Waals surface area contributed by atoms with Gasteiger partial charge in [0.05, 0.1) is 0 Å². The molecule has 0 fully saturated rings. The summed E-state index contributed by atoms with van der Waals surface area (Å²) < 4.78 is 0. The van der Waals surface area contributed by atoms with E-state index >= 15 is 0 Å². The Morgan fingerprint density at radius 1 is 1.53 bits per heavy atom. The van der Waals surface area contributed by atoms with Gasteiger partial charge >= 0.3 is 0 Å². The number of carbonyl (C=O) groups excluding carboxylic acids is 1. The van der Waals surface area contributed by atoms with Crippen molar-refractivity contribution in [1.29, 1.82) is 0 Å². The second kappa shape index (κ2) is 6.22. The minimum atomic E-state index is -0.988. The van der Waals surface area contributed by atoms with Gasteiger partial charge in [0.25, 0.3) is 0 Å². The van der Waals surface area contributed by atoms with Crippen molar-refractivity contribution < 1.29 is 10.0 Å². The average Bonchev–Trinajstić information content (AvgIpc) is 2.42. The molecule has 0 spiro atoms. The fraction of sp³-hybridized carbons (Fsp3) is 0.429. The van der Waals surface area contributed by atoms with E-state index in [1.165, 1.54) is 0 Å². The Morgan fingerprint density at radius 3 is 2.74 bits per heavy atom. The van der Waals surface area contributed by atoms with E-state index in [1.807, 2.05) is 38.1 Å². The van der Waals surface area contributed by atoms with E-state index in [0.717, 1.165) is 11.1 Å². The lowest BCUT2D eigenvalue weighted by molar-refractivity contribution is -0.127. The van der Waals surface area contributed by atoms with E-state index in [1.54, 1.807) is 6.92 Å². The maximum absolute atomic E-state index is 12.2. The Morgan fingerprint density at radius 2 is 2.21 bits per heavy atom. The third kappa shape index (κ3) is 3.47. The van der Waals surface area contributed by atoms with E-state index in [4.69, 9.17) is 10.9 Å². The van der Waals surface area contributed by atoms with Crippen LogP contribution in [0.1, 0.15) is 31.4 Å². The predicted octanol–water partition coefficient (Wildman–Crippen LogP) is 1.77. The molecule has 0 aliphatic rings. The number of nitrogens with one attached hydrogen (secondary N) is 1. The van der Waals surface area contributed by atoms with Crippen molar-refractivity contribution in [2.24, 2.45) is 16.3 Å². The van der Waals surface area contributed by atoms with Crippen molar-refractivity contribution in [3.63, 3.8) is 0 Å². The average molecular weight is 263 g/mol. The number of benzene rings is 1. The van der Waals surface area contributed by atoms with E-state index in [0.29, 0.717) is 13.0 Å². The number of carbonyl (C=O) groups is 1. The summed E-state index contributed by atoms with van der Waals surface area (Å²) in [5.41, 5.74) is 6.77. The molecule has 1 rings (SSSR count). The second-order valence-electron chi connectivity index (χ2n) is 4.84. The minimum absolute atomic E-state index is 0.0725. The van der Waals surface area contributed by atoms with Gasteiger partial charge in [-0.05, 0) is 25.8 Å². The molecule has 4 N–H and O–H groups in total. The van der Waals surface area contributed by atoms with Crippen LogP contribution in [0.5, 0.6) is 0 Å². The van der Waals surface area contributed by atoms with Crippen LogP contribution in [0.3, 0.4) is 0 Å². The van der Waals surface area contributed by atoms with Crippen LogP contribution in [0.25, 0.3) is 0 Å². The molecule has 19 heavy (non-hydrogen) atoms. The summed E-state index contributed by atoms with van der Waals surface area (Å²) in [7, 11) is 0. The summed E-state index contributed by atoms with van der Waals surface area (Å²) >= 11 is 0. The quantitative estimate of drug-likeness (QED) is 0.327. The maximum Gasteiger partial charge on any atom is 0.233 e. The predicted molar refractivity (Wildman–Crippen MR) is 74.8 cm³/mol. The highest BCUT2D eigenvalue weighted by Crippen LogP contribution is 2.21. The first-order chi connectivity index (χ1) is 8.93. The van der Waals surface area contributed by atoms with Gasteiger partial charge in [-0.25, -0.2) is 0 Å². The van der Waals surface area contributed by atoms with E-state index in [9.17, 15) is 4.79 Å². The zero-order valence-electron chi connectivity index (χ0n) is 11.6. The summed E-state index contributed by atoms with van der Waals surface area (Å²) in [4.78, 5) is 12.2. The number of hydrogen-bond acceptors (Lipinski definition) is 3. The zero-order chi connectivity index (χ0) is 14.5. The van der Waals surface area contributed by atoms with Crippen molar-refractivity contribution in [3.05, 3.63) is 35.4 Å². The maximum atomic E-state index is 12.2. The smallest absolute Gasteiger partial charge is 0.233 e. The van der Waals surface area contributed by atoms with Gasteiger partial charge in [0.1, 0.15) is 5.41 Å². The van der Waals surface area contributed by atoms with Crippen LogP contribution in [-0.2, 0) is 11.3 Å². The van der Waals surface area contributed by atoms with Crippen LogP contribution < -0.4 is 11.1 Å². The van der Waals surface area contributed by atoms with Crippen molar-refractivity contribution in [2.75, 3.05) is 0 Å². The molecule has 0 bridgehead atoms. The normalized spacial score (nSPS) is 14.8. The number of amides is 1. The fourth-order valence-corrected chi connectivity index (χ4v) is 1.77. The number of hydrogen-bond donors (Lipinski definition) is 3. The summed E-state index contributed by atoms with van der Waals surface area (Å²) in [6.45, 7) is 5.91. The molecule has 1 amide bonds. The van der Waals surface area contributed by atoms with E-state index < -0.39 is 5.41 Å². The van der Waals surface area contributed by atoms with Crippen LogP contribution in [-0.4, -0.2) is 17.0 Å². The van der Waals surface area contributed by atoms with Gasteiger partial charge in [0.2, 0.25) is 5.91 Å². The lowest BCUT2D eigenvalue weighted by Crippen LogP contribution is -2.47. The topological polar surface area (TPSA) is 87.7 Å². The minimum Gasteiger partial charge on any atom is -0.409 e. The molecule has 1 aromatic rings. The summed E-state index contributed by atoms with van der Waals surface area (Å²) in [6.07, 6.45) is 0.461. The molecule has 5 nitrogen and oxygen atoms in total. The molecule has 0 heterocycles. The highest BCUT2D eigenvalue weighted by atomic mass is 16.4. The zero-order valence-corrected chi connectivity index (χ0v) is 11.6. The van der Waals surface area contributed by atoms with Crippen LogP contribution in [0.2, 0.25) is 0 Å². The molecule has 104 valence electrons. The second-order valence-corrected chi connectivity index (χ2v) is 4.84. The summed E-state index contributed by atoms with van der Waals surface area (Å²) in [5.74, 6) is -0.316. The third-order valence-corrected chi connectivity index (χ3v) is 3.42. The first-order valence-corrected chi connectivity index (χ1v) is 6.26. The lowest BCUT2D eigenvalue weighted by Gasteiger charge is -2.25. The number of aryl methyl sites for hydroxylation is 1. The first-order valence-electron chi connectivity index (χ1n) is 6.26. The molecular weight excluding hydrogens is 242 g/mol. The molecule has 5 heteroatoms. The number of amidine groups is 1. The van der Waals surface area contributed by atoms with Gasteiger partial charge in [-0.1, -0.05) is 41.9 Å². The molecule has 0 saturated heterocycles. The molecule has 0 saturated carbocycles. The monoisotopic (exact) mass is 263 g/mol.